The SMILES string of the molecule is COCCNC(=O)CNC1CCCCC1(C)C. The van der Waals surface area contributed by atoms with Gasteiger partial charge in [0.25, 0.3) is 0 Å². The molecule has 1 aliphatic carbocycles. The first kappa shape index (κ1) is 14.5. The molecule has 0 bridgehead atoms. The number of amides is 1. The van der Waals surface area contributed by atoms with E-state index in [4.69, 9.17) is 4.74 Å². The van der Waals surface area contributed by atoms with Crippen LogP contribution >= 0.6 is 0 Å². The predicted molar refractivity (Wildman–Crippen MR) is 68.9 cm³/mol. The number of methoxy groups -OCH3 is 1. The number of rotatable bonds is 6. The average Bonchev–Trinajstić information content (AvgIpc) is 2.27. The topological polar surface area (TPSA) is 50.4 Å². The zero-order chi connectivity index (χ0) is 12.7. The lowest BCUT2D eigenvalue weighted by Crippen LogP contribution is -2.48. The van der Waals surface area contributed by atoms with Gasteiger partial charge in [-0.1, -0.05) is 26.7 Å². The second-order valence-electron chi connectivity index (χ2n) is 5.51. The molecule has 0 aromatic heterocycles. The van der Waals surface area contributed by atoms with E-state index < -0.39 is 0 Å². The van der Waals surface area contributed by atoms with Crippen LogP contribution in [-0.2, 0) is 9.53 Å². The van der Waals surface area contributed by atoms with E-state index in [1.54, 1.807) is 7.11 Å². The van der Waals surface area contributed by atoms with Gasteiger partial charge in [-0.3, -0.25) is 4.79 Å². The maximum Gasteiger partial charge on any atom is 0.234 e. The average molecular weight is 242 g/mol. The van der Waals surface area contributed by atoms with Crippen molar-refractivity contribution in [3.05, 3.63) is 0 Å². The van der Waals surface area contributed by atoms with Gasteiger partial charge in [0.05, 0.1) is 13.2 Å². The summed E-state index contributed by atoms with van der Waals surface area (Å²) in [5, 5.41) is 6.21. The Morgan fingerprint density at radius 3 is 2.82 bits per heavy atom. The summed E-state index contributed by atoms with van der Waals surface area (Å²) in [7, 11) is 1.63. The molecule has 2 N–H and O–H groups in total. The quantitative estimate of drug-likeness (QED) is 0.690. The van der Waals surface area contributed by atoms with Gasteiger partial charge in [-0.15, -0.1) is 0 Å². The molecule has 17 heavy (non-hydrogen) atoms. The number of carbonyl (C=O) groups excluding carboxylic acids is 1. The van der Waals surface area contributed by atoms with Crippen LogP contribution in [-0.4, -0.2) is 38.8 Å². The van der Waals surface area contributed by atoms with Crippen molar-refractivity contribution < 1.29 is 9.53 Å². The van der Waals surface area contributed by atoms with E-state index in [1.807, 2.05) is 0 Å². The van der Waals surface area contributed by atoms with Gasteiger partial charge in [0.2, 0.25) is 5.91 Å². The summed E-state index contributed by atoms with van der Waals surface area (Å²) in [4.78, 5) is 11.5. The van der Waals surface area contributed by atoms with E-state index in [0.717, 1.165) is 0 Å². The van der Waals surface area contributed by atoms with Gasteiger partial charge in [-0.25, -0.2) is 0 Å². The highest BCUT2D eigenvalue weighted by molar-refractivity contribution is 5.77. The minimum Gasteiger partial charge on any atom is -0.383 e. The first-order valence-corrected chi connectivity index (χ1v) is 6.55. The normalized spacial score (nSPS) is 23.4. The Morgan fingerprint density at radius 1 is 1.41 bits per heavy atom. The van der Waals surface area contributed by atoms with Crippen LogP contribution in [0.15, 0.2) is 0 Å². The molecular weight excluding hydrogens is 216 g/mol. The standard InChI is InChI=1S/C13H26N2O2/c1-13(2)7-5-4-6-11(13)15-10-12(16)14-8-9-17-3/h11,15H,4-10H2,1-3H3,(H,14,16). The second-order valence-corrected chi connectivity index (χ2v) is 5.51. The fourth-order valence-electron chi connectivity index (χ4n) is 2.44. The molecule has 1 atom stereocenters. The number of ether oxygens (including phenoxy) is 1. The van der Waals surface area contributed by atoms with Gasteiger partial charge < -0.3 is 15.4 Å². The van der Waals surface area contributed by atoms with Gasteiger partial charge in [-0.2, -0.15) is 0 Å². The van der Waals surface area contributed by atoms with Crippen molar-refractivity contribution in [2.75, 3.05) is 26.8 Å². The smallest absolute Gasteiger partial charge is 0.234 e. The van der Waals surface area contributed by atoms with Crippen molar-refractivity contribution in [1.82, 2.24) is 10.6 Å². The molecule has 0 aromatic carbocycles. The summed E-state index contributed by atoms with van der Waals surface area (Å²) < 4.78 is 4.88. The van der Waals surface area contributed by atoms with E-state index >= 15 is 0 Å². The van der Waals surface area contributed by atoms with Crippen LogP contribution < -0.4 is 10.6 Å². The molecule has 0 saturated heterocycles. The molecule has 0 heterocycles. The van der Waals surface area contributed by atoms with Crippen molar-refractivity contribution in [3.63, 3.8) is 0 Å². The van der Waals surface area contributed by atoms with E-state index in [-0.39, 0.29) is 5.91 Å². The van der Waals surface area contributed by atoms with Crippen molar-refractivity contribution in [1.29, 1.82) is 0 Å². The number of hydrogen-bond acceptors (Lipinski definition) is 3. The van der Waals surface area contributed by atoms with Crippen molar-refractivity contribution >= 4 is 5.91 Å². The monoisotopic (exact) mass is 242 g/mol. The molecule has 4 heteroatoms. The Labute approximate surface area is 104 Å². The summed E-state index contributed by atoms with van der Waals surface area (Å²) in [5.41, 5.74) is 0.311. The molecular formula is C13H26N2O2. The summed E-state index contributed by atoms with van der Waals surface area (Å²) in [6, 6.07) is 0.462. The molecule has 1 aliphatic rings. The minimum atomic E-state index is 0.0587. The van der Waals surface area contributed by atoms with Crippen LogP contribution in [0.5, 0.6) is 0 Å². The molecule has 100 valence electrons. The number of hydrogen-bond donors (Lipinski definition) is 2. The van der Waals surface area contributed by atoms with Crippen LogP contribution in [0.4, 0.5) is 0 Å². The van der Waals surface area contributed by atoms with E-state index in [0.29, 0.717) is 31.2 Å². The van der Waals surface area contributed by atoms with Crippen molar-refractivity contribution in [3.8, 4) is 0 Å². The van der Waals surface area contributed by atoms with E-state index in [1.165, 1.54) is 25.7 Å². The fraction of sp³-hybridized carbons (Fsp3) is 0.923. The van der Waals surface area contributed by atoms with Gasteiger partial charge >= 0.3 is 0 Å². The van der Waals surface area contributed by atoms with Gasteiger partial charge in [0.1, 0.15) is 0 Å². The van der Waals surface area contributed by atoms with Crippen LogP contribution in [0.2, 0.25) is 0 Å². The summed E-state index contributed by atoms with van der Waals surface area (Å²) in [5.74, 6) is 0.0587. The highest BCUT2D eigenvalue weighted by Gasteiger charge is 2.31. The van der Waals surface area contributed by atoms with Gasteiger partial charge in [0.15, 0.2) is 0 Å². The molecule has 0 radical (unpaired) electrons. The lowest BCUT2D eigenvalue weighted by atomic mass is 9.73. The Hall–Kier alpha value is -0.610. The zero-order valence-electron chi connectivity index (χ0n) is 11.3. The van der Waals surface area contributed by atoms with Crippen molar-refractivity contribution in [2.45, 2.75) is 45.6 Å². The fourth-order valence-corrected chi connectivity index (χ4v) is 2.44. The summed E-state index contributed by atoms with van der Waals surface area (Å²) in [6.45, 7) is 6.14. The highest BCUT2D eigenvalue weighted by Crippen LogP contribution is 2.35. The lowest BCUT2D eigenvalue weighted by molar-refractivity contribution is -0.120. The molecule has 1 saturated carbocycles. The number of carbonyl (C=O) groups is 1. The maximum atomic E-state index is 11.5. The van der Waals surface area contributed by atoms with Crippen LogP contribution in [0.1, 0.15) is 39.5 Å². The van der Waals surface area contributed by atoms with Crippen LogP contribution in [0.25, 0.3) is 0 Å². The maximum absolute atomic E-state index is 11.5. The third-order valence-corrected chi connectivity index (χ3v) is 3.64. The summed E-state index contributed by atoms with van der Waals surface area (Å²) in [6.07, 6.45) is 5.01. The molecule has 1 amide bonds. The molecule has 0 aromatic rings. The van der Waals surface area contributed by atoms with E-state index in [2.05, 4.69) is 24.5 Å². The zero-order valence-corrected chi connectivity index (χ0v) is 11.3. The Bertz CT molecular complexity index is 242. The van der Waals surface area contributed by atoms with Gasteiger partial charge in [0, 0.05) is 19.7 Å². The minimum absolute atomic E-state index is 0.0587. The Morgan fingerprint density at radius 2 is 2.18 bits per heavy atom. The Balaban J connectivity index is 2.22. The molecule has 1 fully saturated rings. The first-order valence-electron chi connectivity index (χ1n) is 6.55. The molecule has 1 unspecified atom stereocenters. The van der Waals surface area contributed by atoms with Crippen molar-refractivity contribution in [2.24, 2.45) is 5.41 Å². The Kier molecular flexibility index (Phi) is 5.92. The third-order valence-electron chi connectivity index (χ3n) is 3.64. The second kappa shape index (κ2) is 6.97. The molecule has 4 nitrogen and oxygen atoms in total. The molecule has 1 rings (SSSR count). The van der Waals surface area contributed by atoms with Gasteiger partial charge in [-0.05, 0) is 18.3 Å². The van der Waals surface area contributed by atoms with Crippen LogP contribution in [0, 0.1) is 5.41 Å². The van der Waals surface area contributed by atoms with E-state index in [9.17, 15) is 4.79 Å². The molecule has 0 aliphatic heterocycles. The first-order chi connectivity index (χ1) is 8.06. The number of nitrogens with one attached hydrogen (secondary N) is 2. The van der Waals surface area contributed by atoms with Crippen LogP contribution in [0.3, 0.4) is 0 Å². The largest absolute Gasteiger partial charge is 0.383 e. The highest BCUT2D eigenvalue weighted by atomic mass is 16.5. The lowest BCUT2D eigenvalue weighted by Gasteiger charge is -2.39. The third kappa shape index (κ3) is 5.04. The predicted octanol–water partition coefficient (Wildman–Crippen LogP) is 1.31. The molecule has 0 spiro atoms. The summed E-state index contributed by atoms with van der Waals surface area (Å²) >= 11 is 0.